The molecule has 0 atom stereocenters. The van der Waals surface area contributed by atoms with Crippen molar-refractivity contribution in [2.24, 2.45) is 5.41 Å². The van der Waals surface area contributed by atoms with Crippen LogP contribution in [0.5, 0.6) is 0 Å². The van der Waals surface area contributed by atoms with Gasteiger partial charge in [0.15, 0.2) is 0 Å². The second-order valence-corrected chi connectivity index (χ2v) is 6.80. The Morgan fingerprint density at radius 1 is 1.33 bits per heavy atom. The van der Waals surface area contributed by atoms with Crippen molar-refractivity contribution in [3.63, 3.8) is 0 Å². The fourth-order valence-corrected chi connectivity index (χ4v) is 3.35. The maximum atomic E-state index is 12.2. The molecule has 0 bridgehead atoms. The molecule has 0 aliphatic heterocycles. The fraction of sp³-hybridized carbons (Fsp3) is 0.444. The molecule has 1 aromatic carbocycles. The Balaban J connectivity index is 1.96. The van der Waals surface area contributed by atoms with Crippen LogP contribution in [-0.2, 0) is 0 Å². The summed E-state index contributed by atoms with van der Waals surface area (Å²) in [5.74, 6) is 0. The monoisotopic (exact) mass is 347 g/mol. The maximum absolute atomic E-state index is 12.2. The predicted molar refractivity (Wildman–Crippen MR) is 99.3 cm³/mol. The minimum absolute atomic E-state index is 0.0468. The van der Waals surface area contributed by atoms with Gasteiger partial charge in [0, 0.05) is 36.0 Å². The summed E-state index contributed by atoms with van der Waals surface area (Å²) in [7, 11) is 0. The highest BCUT2D eigenvalue weighted by Gasteiger charge is 2.26. The molecule has 1 heterocycles. The number of hydrogen-bond donors (Lipinski definition) is 3. The van der Waals surface area contributed by atoms with Gasteiger partial charge >= 0.3 is 6.03 Å². The molecule has 0 aliphatic carbocycles. The van der Waals surface area contributed by atoms with Gasteiger partial charge in [-0.1, -0.05) is 26.0 Å². The molecule has 0 spiro atoms. The number of urea groups is 1. The van der Waals surface area contributed by atoms with Crippen LogP contribution in [0.3, 0.4) is 0 Å². The highest BCUT2D eigenvalue weighted by Crippen LogP contribution is 2.29. The summed E-state index contributed by atoms with van der Waals surface area (Å²) in [6, 6.07) is 7.43. The van der Waals surface area contributed by atoms with Gasteiger partial charge < -0.3 is 15.7 Å². The molecule has 2 aromatic rings. The maximum Gasteiger partial charge on any atom is 0.319 e. The van der Waals surface area contributed by atoms with Crippen molar-refractivity contribution in [3.05, 3.63) is 35.8 Å². The minimum atomic E-state index is -0.226. The van der Waals surface area contributed by atoms with Crippen molar-refractivity contribution in [2.75, 3.05) is 18.5 Å². The number of amides is 2. The summed E-state index contributed by atoms with van der Waals surface area (Å²) in [6.07, 6.45) is 4.30. The van der Waals surface area contributed by atoms with Crippen molar-refractivity contribution in [2.45, 2.75) is 33.1 Å². The first-order valence-corrected chi connectivity index (χ1v) is 9.16. The summed E-state index contributed by atoms with van der Waals surface area (Å²) in [5, 5.41) is 17.9. The van der Waals surface area contributed by atoms with Gasteiger partial charge in [0.2, 0.25) is 0 Å². The lowest BCUT2D eigenvalue weighted by atomic mass is 9.79. The van der Waals surface area contributed by atoms with Crippen LogP contribution >= 0.6 is 11.3 Å². The molecule has 0 saturated heterocycles. The number of carbonyl (C=O) groups is 1. The number of nitrogens with zero attached hydrogens (tertiary/aromatic N) is 1. The van der Waals surface area contributed by atoms with E-state index in [2.05, 4.69) is 29.5 Å². The largest absolute Gasteiger partial charge is 0.396 e. The average Bonchev–Trinajstić information content (AvgIpc) is 3.14. The molecule has 0 radical (unpaired) electrons. The van der Waals surface area contributed by atoms with Crippen LogP contribution in [-0.4, -0.2) is 29.3 Å². The normalized spacial score (nSPS) is 11.3. The first-order valence-electron chi connectivity index (χ1n) is 8.28. The standard InChI is InChI=1S/C18H25N3O2S/c1-3-18(4-2,8-10-22)13-20-17(23)21-15-7-5-6-14(12-15)16-19-9-11-24-16/h5-7,9,11-12,22H,3-4,8,10,13H2,1-2H3,(H2,20,21,23). The first-order chi connectivity index (χ1) is 11.6. The predicted octanol–water partition coefficient (Wildman–Crippen LogP) is 4.12. The zero-order valence-electron chi connectivity index (χ0n) is 14.2. The van der Waals surface area contributed by atoms with Gasteiger partial charge in [0.1, 0.15) is 5.01 Å². The van der Waals surface area contributed by atoms with Gasteiger partial charge in [0.25, 0.3) is 0 Å². The summed E-state index contributed by atoms with van der Waals surface area (Å²) in [6.45, 7) is 4.88. The van der Waals surface area contributed by atoms with Crippen LogP contribution in [0.4, 0.5) is 10.5 Å². The second kappa shape index (κ2) is 8.80. The average molecular weight is 347 g/mol. The summed E-state index contributed by atoms with van der Waals surface area (Å²) in [4.78, 5) is 16.5. The Kier molecular flexibility index (Phi) is 6.75. The van der Waals surface area contributed by atoms with E-state index in [4.69, 9.17) is 0 Å². The Morgan fingerprint density at radius 3 is 2.75 bits per heavy atom. The number of aliphatic hydroxyl groups excluding tert-OH is 1. The molecule has 24 heavy (non-hydrogen) atoms. The number of thiazole rings is 1. The number of anilines is 1. The van der Waals surface area contributed by atoms with E-state index >= 15 is 0 Å². The van der Waals surface area contributed by atoms with Crippen molar-refractivity contribution in [1.29, 1.82) is 0 Å². The number of hydrogen-bond acceptors (Lipinski definition) is 4. The molecule has 0 saturated carbocycles. The second-order valence-electron chi connectivity index (χ2n) is 5.91. The van der Waals surface area contributed by atoms with Crippen LogP contribution in [0.2, 0.25) is 0 Å². The molecular formula is C18H25N3O2S. The number of benzene rings is 1. The number of rotatable bonds is 8. The van der Waals surface area contributed by atoms with Gasteiger partial charge in [0.05, 0.1) is 0 Å². The van der Waals surface area contributed by atoms with Crippen molar-refractivity contribution in [1.82, 2.24) is 10.3 Å². The molecule has 130 valence electrons. The third-order valence-corrected chi connectivity index (χ3v) is 5.39. The lowest BCUT2D eigenvalue weighted by Crippen LogP contribution is -2.39. The Labute approximate surface area is 147 Å². The van der Waals surface area contributed by atoms with E-state index in [1.54, 1.807) is 17.5 Å². The first kappa shape index (κ1) is 18.4. The minimum Gasteiger partial charge on any atom is -0.396 e. The molecule has 2 amide bonds. The number of nitrogens with one attached hydrogen (secondary N) is 2. The van der Waals surface area contributed by atoms with Gasteiger partial charge in [-0.15, -0.1) is 11.3 Å². The van der Waals surface area contributed by atoms with E-state index in [1.807, 2.05) is 29.6 Å². The SMILES string of the molecule is CCC(CC)(CCO)CNC(=O)Nc1cccc(-c2nccs2)c1. The molecule has 2 rings (SSSR count). The van der Waals surface area contributed by atoms with Crippen molar-refractivity contribution >= 4 is 23.1 Å². The lowest BCUT2D eigenvalue weighted by Gasteiger charge is -2.31. The van der Waals surface area contributed by atoms with E-state index in [0.717, 1.165) is 29.1 Å². The van der Waals surface area contributed by atoms with Gasteiger partial charge in [-0.05, 0) is 36.8 Å². The summed E-state index contributed by atoms with van der Waals surface area (Å²) in [5.41, 5.74) is 1.68. The van der Waals surface area contributed by atoms with Crippen LogP contribution in [0.25, 0.3) is 10.6 Å². The van der Waals surface area contributed by atoms with Crippen molar-refractivity contribution in [3.8, 4) is 10.6 Å². The smallest absolute Gasteiger partial charge is 0.319 e. The molecule has 0 unspecified atom stereocenters. The zero-order chi connectivity index (χ0) is 17.4. The van der Waals surface area contributed by atoms with Crippen molar-refractivity contribution < 1.29 is 9.90 Å². The molecular weight excluding hydrogens is 322 g/mol. The highest BCUT2D eigenvalue weighted by molar-refractivity contribution is 7.13. The quantitative estimate of drug-likeness (QED) is 0.672. The van der Waals surface area contributed by atoms with E-state index < -0.39 is 0 Å². The Bertz CT molecular complexity index is 639. The summed E-state index contributed by atoms with van der Waals surface area (Å²) >= 11 is 1.57. The topological polar surface area (TPSA) is 74.2 Å². The van der Waals surface area contributed by atoms with E-state index in [-0.39, 0.29) is 18.1 Å². The van der Waals surface area contributed by atoms with Gasteiger partial charge in [-0.25, -0.2) is 9.78 Å². The van der Waals surface area contributed by atoms with E-state index in [1.165, 1.54) is 0 Å². The third-order valence-electron chi connectivity index (χ3n) is 4.57. The van der Waals surface area contributed by atoms with Crippen LogP contribution in [0.1, 0.15) is 33.1 Å². The fourth-order valence-electron chi connectivity index (χ4n) is 2.72. The Hall–Kier alpha value is -1.92. The number of aliphatic hydroxyl groups is 1. The summed E-state index contributed by atoms with van der Waals surface area (Å²) < 4.78 is 0. The Morgan fingerprint density at radius 2 is 2.12 bits per heavy atom. The molecule has 0 aliphatic rings. The number of aromatic nitrogens is 1. The van der Waals surface area contributed by atoms with Crippen LogP contribution < -0.4 is 10.6 Å². The van der Waals surface area contributed by atoms with Crippen LogP contribution in [0.15, 0.2) is 35.8 Å². The zero-order valence-corrected chi connectivity index (χ0v) is 15.0. The molecule has 1 aromatic heterocycles. The molecule has 3 N–H and O–H groups in total. The van der Waals surface area contributed by atoms with Gasteiger partial charge in [-0.3, -0.25) is 0 Å². The molecule has 5 nitrogen and oxygen atoms in total. The van der Waals surface area contributed by atoms with Crippen LogP contribution in [0, 0.1) is 5.41 Å². The van der Waals surface area contributed by atoms with E-state index in [9.17, 15) is 9.90 Å². The van der Waals surface area contributed by atoms with E-state index in [0.29, 0.717) is 13.0 Å². The lowest BCUT2D eigenvalue weighted by molar-refractivity contribution is 0.165. The number of carbonyl (C=O) groups excluding carboxylic acids is 1. The highest BCUT2D eigenvalue weighted by atomic mass is 32.1. The molecule has 6 heteroatoms. The molecule has 0 fully saturated rings. The third kappa shape index (κ3) is 4.79. The van der Waals surface area contributed by atoms with Gasteiger partial charge in [-0.2, -0.15) is 0 Å².